The molecule has 5 aromatic carbocycles. The van der Waals surface area contributed by atoms with Crippen molar-refractivity contribution in [3.05, 3.63) is 126 Å². The van der Waals surface area contributed by atoms with Crippen LogP contribution in [0.2, 0.25) is 0 Å². The van der Waals surface area contributed by atoms with Crippen molar-refractivity contribution in [1.82, 2.24) is 0 Å². The zero-order chi connectivity index (χ0) is 32.5. The molecular weight excluding hydrogens is 619 g/mol. The van der Waals surface area contributed by atoms with Gasteiger partial charge in [-0.25, -0.2) is 0 Å². The predicted octanol–water partition coefficient (Wildman–Crippen LogP) is 10.6. The van der Waals surface area contributed by atoms with Crippen molar-refractivity contribution in [1.29, 1.82) is 0 Å². The Balaban J connectivity index is 1.30. The number of rotatable bonds is 2. The summed E-state index contributed by atoms with van der Waals surface area (Å²) in [4.78, 5) is 5.14. The molecule has 0 radical (unpaired) electrons. The molecule has 0 amide bonds. The number of thiophene rings is 2. The minimum atomic E-state index is 0.0960. The molecular formula is C43H37BN2S2. The zero-order valence-corrected chi connectivity index (χ0v) is 29.7. The van der Waals surface area contributed by atoms with E-state index in [0.29, 0.717) is 5.41 Å². The monoisotopic (exact) mass is 656 g/mol. The summed E-state index contributed by atoms with van der Waals surface area (Å²) in [6.45, 7) is 11.9. The normalized spacial score (nSPS) is 15.9. The molecule has 0 fully saturated rings. The fraction of sp³-hybridized carbons (Fsp3) is 0.209. The van der Waals surface area contributed by atoms with Gasteiger partial charge in [0.1, 0.15) is 0 Å². The summed E-state index contributed by atoms with van der Waals surface area (Å²) < 4.78 is 5.68. The molecule has 48 heavy (non-hydrogen) atoms. The molecule has 3 aliphatic rings. The maximum atomic E-state index is 2.60. The molecule has 2 nitrogen and oxygen atoms in total. The first-order chi connectivity index (χ1) is 23.2. The van der Waals surface area contributed by atoms with E-state index in [1.165, 1.54) is 86.0 Å². The summed E-state index contributed by atoms with van der Waals surface area (Å²) in [7, 11) is 0. The average molecular weight is 657 g/mol. The fourth-order valence-electron chi connectivity index (χ4n) is 8.63. The van der Waals surface area contributed by atoms with E-state index in [-0.39, 0.29) is 12.1 Å². The molecule has 0 spiro atoms. The summed E-state index contributed by atoms with van der Waals surface area (Å²) in [5.74, 6) is 0. The smallest absolute Gasteiger partial charge is 0.277 e. The van der Waals surface area contributed by atoms with Crippen molar-refractivity contribution in [3.8, 4) is 0 Å². The van der Waals surface area contributed by atoms with Gasteiger partial charge < -0.3 is 9.80 Å². The Morgan fingerprint density at radius 2 is 1.19 bits per heavy atom. The average Bonchev–Trinajstić information content (AvgIpc) is 3.73. The summed E-state index contributed by atoms with van der Waals surface area (Å²) in [6.07, 6.45) is 2.29. The van der Waals surface area contributed by atoms with Gasteiger partial charge in [-0.3, -0.25) is 0 Å². The van der Waals surface area contributed by atoms with Crippen molar-refractivity contribution in [2.24, 2.45) is 5.41 Å². The quantitative estimate of drug-likeness (QED) is 0.171. The van der Waals surface area contributed by atoms with Gasteiger partial charge >= 0.3 is 0 Å². The van der Waals surface area contributed by atoms with E-state index in [2.05, 4.69) is 154 Å². The number of nitrogens with zero attached hydrogens (tertiary/aromatic N) is 2. The van der Waals surface area contributed by atoms with Crippen molar-refractivity contribution in [2.75, 3.05) is 9.80 Å². The Kier molecular flexibility index (Phi) is 5.90. The van der Waals surface area contributed by atoms with Gasteiger partial charge in [0, 0.05) is 52.5 Å². The van der Waals surface area contributed by atoms with Crippen molar-refractivity contribution in [2.45, 2.75) is 52.9 Å². The van der Waals surface area contributed by atoms with Crippen LogP contribution in [-0.4, -0.2) is 6.71 Å². The number of fused-ring (bicyclic) bond motifs is 9. The van der Waals surface area contributed by atoms with Crippen molar-refractivity contribution < 1.29 is 0 Å². The summed E-state index contributed by atoms with van der Waals surface area (Å²) in [5.41, 5.74) is 14.0. The number of hydrogen-bond donors (Lipinski definition) is 0. The van der Waals surface area contributed by atoms with E-state index in [1.807, 2.05) is 22.7 Å². The first-order valence-electron chi connectivity index (χ1n) is 17.1. The van der Waals surface area contributed by atoms with E-state index in [0.717, 1.165) is 12.8 Å². The number of benzene rings is 5. The van der Waals surface area contributed by atoms with Gasteiger partial charge in [-0.05, 0) is 100 Å². The molecule has 1 aliphatic carbocycles. The zero-order valence-electron chi connectivity index (χ0n) is 28.1. The van der Waals surface area contributed by atoms with E-state index in [9.17, 15) is 0 Å². The topological polar surface area (TPSA) is 6.48 Å². The SMILES string of the molecule is CC1(C)Cc2cc3sc4c(c3cc2C1)N(c1ccc(C(C)(C)C)cc1)c1cccc2c1B4c1sc3ccccc3c1N2c1ccccc1. The van der Waals surface area contributed by atoms with Gasteiger partial charge in [-0.1, -0.05) is 89.2 Å². The number of hydrogen-bond acceptors (Lipinski definition) is 4. The van der Waals surface area contributed by atoms with Crippen LogP contribution in [0.4, 0.5) is 34.1 Å². The van der Waals surface area contributed by atoms with Crippen LogP contribution in [0.1, 0.15) is 51.3 Å². The van der Waals surface area contributed by atoms with Crippen molar-refractivity contribution in [3.63, 3.8) is 0 Å². The molecule has 0 saturated carbocycles. The second kappa shape index (κ2) is 9.87. The number of para-hydroxylation sites is 1. The minimum absolute atomic E-state index is 0.0960. The molecule has 0 N–H and O–H groups in total. The molecule has 2 aromatic heterocycles. The fourth-order valence-corrected chi connectivity index (χ4v) is 11.4. The molecule has 7 aromatic rings. The van der Waals surface area contributed by atoms with Crippen LogP contribution in [0.15, 0.2) is 109 Å². The second-order valence-electron chi connectivity index (χ2n) is 15.7. The van der Waals surface area contributed by atoms with Gasteiger partial charge in [0.05, 0.1) is 11.4 Å². The molecule has 2 aliphatic heterocycles. The largest absolute Gasteiger partial charge is 0.310 e. The molecule has 0 bridgehead atoms. The van der Waals surface area contributed by atoms with Crippen LogP contribution in [-0.2, 0) is 18.3 Å². The summed E-state index contributed by atoms with van der Waals surface area (Å²) in [6, 6.07) is 41.5. The Morgan fingerprint density at radius 1 is 0.604 bits per heavy atom. The van der Waals surface area contributed by atoms with E-state index < -0.39 is 0 Å². The van der Waals surface area contributed by atoms with Crippen molar-refractivity contribution >= 4 is 98.7 Å². The Bertz CT molecular complexity index is 2430. The number of anilines is 6. The molecule has 10 rings (SSSR count). The van der Waals surface area contributed by atoms with Crippen LogP contribution in [0, 0.1) is 5.41 Å². The highest BCUT2D eigenvalue weighted by atomic mass is 32.1. The third-order valence-electron chi connectivity index (χ3n) is 10.8. The van der Waals surface area contributed by atoms with Crippen LogP contribution in [0.5, 0.6) is 0 Å². The minimum Gasteiger partial charge on any atom is -0.310 e. The molecule has 0 atom stereocenters. The molecule has 0 unspecified atom stereocenters. The van der Waals surface area contributed by atoms with Gasteiger partial charge in [0.2, 0.25) is 0 Å². The Morgan fingerprint density at radius 3 is 1.88 bits per heavy atom. The van der Waals surface area contributed by atoms with Gasteiger partial charge in [0.15, 0.2) is 0 Å². The predicted molar refractivity (Wildman–Crippen MR) is 211 cm³/mol. The third-order valence-corrected chi connectivity index (χ3v) is 13.2. The Labute approximate surface area is 291 Å². The first kappa shape index (κ1) is 28.7. The van der Waals surface area contributed by atoms with Crippen LogP contribution >= 0.6 is 22.7 Å². The maximum Gasteiger partial charge on any atom is 0.277 e. The van der Waals surface area contributed by atoms with Gasteiger partial charge in [0.25, 0.3) is 6.71 Å². The molecule has 4 heterocycles. The summed E-state index contributed by atoms with van der Waals surface area (Å²) in [5, 5.41) is 2.73. The lowest BCUT2D eigenvalue weighted by Gasteiger charge is -2.42. The maximum absolute atomic E-state index is 2.60. The molecule has 0 saturated heterocycles. The van der Waals surface area contributed by atoms with Gasteiger partial charge in [-0.15, -0.1) is 22.7 Å². The highest BCUT2D eigenvalue weighted by Crippen LogP contribution is 2.51. The van der Waals surface area contributed by atoms with Crippen LogP contribution in [0.3, 0.4) is 0 Å². The highest BCUT2D eigenvalue weighted by molar-refractivity contribution is 7.40. The van der Waals surface area contributed by atoms with E-state index in [1.54, 1.807) is 0 Å². The molecule has 5 heteroatoms. The van der Waals surface area contributed by atoms with E-state index in [4.69, 9.17) is 0 Å². The lowest BCUT2D eigenvalue weighted by atomic mass is 9.39. The lowest BCUT2D eigenvalue weighted by molar-refractivity contribution is 0.392. The van der Waals surface area contributed by atoms with Crippen LogP contribution < -0.4 is 24.8 Å². The van der Waals surface area contributed by atoms with Gasteiger partial charge in [-0.2, -0.15) is 0 Å². The Hall–Kier alpha value is -4.32. The molecule has 234 valence electrons. The first-order valence-corrected chi connectivity index (χ1v) is 18.8. The van der Waals surface area contributed by atoms with E-state index >= 15 is 0 Å². The lowest BCUT2D eigenvalue weighted by Crippen LogP contribution is -2.59. The summed E-state index contributed by atoms with van der Waals surface area (Å²) >= 11 is 4.01. The second-order valence-corrected chi connectivity index (χ2v) is 17.9. The standard InChI is InChI=1S/C43H37BN2S2/c1-42(2,3)28-18-20-30(21-19-28)46-34-16-11-15-33-37(34)44(41-39(46)32-22-26-24-43(4,5)25-27(26)23-36(32)48-41)40-38(31-14-9-10-17-35(31)47-40)45(33)29-12-7-6-8-13-29/h6-23H,24-25H2,1-5H3. The van der Waals surface area contributed by atoms with Crippen LogP contribution in [0.25, 0.3) is 20.2 Å². The third kappa shape index (κ3) is 4.04. The highest BCUT2D eigenvalue weighted by Gasteiger charge is 2.47.